The summed E-state index contributed by atoms with van der Waals surface area (Å²) in [5, 5.41) is 0. The van der Waals surface area contributed by atoms with Crippen LogP contribution in [0.1, 0.15) is 42.1 Å². The van der Waals surface area contributed by atoms with Gasteiger partial charge in [-0.05, 0) is 30.7 Å². The van der Waals surface area contributed by atoms with Crippen LogP contribution in [0, 0.1) is 23.7 Å². The van der Waals surface area contributed by atoms with Crippen LogP contribution in [0.2, 0.25) is 0 Å². The number of ether oxygens (including phenoxy) is 1. The summed E-state index contributed by atoms with van der Waals surface area (Å²) in [7, 11) is 1.36. The van der Waals surface area contributed by atoms with E-state index in [-0.39, 0.29) is 5.97 Å². The summed E-state index contributed by atoms with van der Waals surface area (Å²) in [4.78, 5) is 11.5. The van der Waals surface area contributed by atoms with Gasteiger partial charge in [-0.15, -0.1) is 0 Å². The van der Waals surface area contributed by atoms with E-state index in [0.717, 1.165) is 19.3 Å². The molecule has 0 saturated carbocycles. The van der Waals surface area contributed by atoms with Gasteiger partial charge in [0.1, 0.15) is 0 Å². The van der Waals surface area contributed by atoms with Gasteiger partial charge >= 0.3 is 5.97 Å². The summed E-state index contributed by atoms with van der Waals surface area (Å²) in [6, 6.07) is 7.11. The van der Waals surface area contributed by atoms with E-state index in [1.54, 1.807) is 30.4 Å². The molecule has 0 radical (unpaired) electrons. The highest BCUT2D eigenvalue weighted by atomic mass is 16.5. The number of hydrogen-bond donors (Lipinski definition) is 0. The molecule has 0 aliphatic rings. The van der Waals surface area contributed by atoms with Crippen LogP contribution in [0.15, 0.2) is 36.4 Å². The van der Waals surface area contributed by atoms with Crippen molar-refractivity contribution in [2.45, 2.75) is 26.2 Å². The zero-order valence-electron chi connectivity index (χ0n) is 11.9. The number of hydrogen-bond acceptors (Lipinski definition) is 2. The predicted molar refractivity (Wildman–Crippen MR) is 81.1 cm³/mol. The van der Waals surface area contributed by atoms with Crippen molar-refractivity contribution in [3.8, 4) is 23.7 Å². The molecule has 102 valence electrons. The maximum atomic E-state index is 11.5. The maximum absolute atomic E-state index is 11.5. The quantitative estimate of drug-likeness (QED) is 0.475. The van der Waals surface area contributed by atoms with Gasteiger partial charge in [0.2, 0.25) is 0 Å². The van der Waals surface area contributed by atoms with Crippen molar-refractivity contribution in [1.29, 1.82) is 0 Å². The number of benzene rings is 1. The number of methoxy groups -OCH3 is 1. The van der Waals surface area contributed by atoms with Gasteiger partial charge in [-0.2, -0.15) is 0 Å². The fourth-order valence-electron chi connectivity index (χ4n) is 1.48. The van der Waals surface area contributed by atoms with Crippen molar-refractivity contribution in [2.75, 3.05) is 7.11 Å². The van der Waals surface area contributed by atoms with Crippen LogP contribution in [0.4, 0.5) is 0 Å². The third kappa shape index (κ3) is 5.46. The number of carbonyl (C=O) groups is 1. The molecule has 0 fully saturated rings. The number of allylic oxidation sites excluding steroid dienone is 2. The summed E-state index contributed by atoms with van der Waals surface area (Å²) in [6.07, 6.45) is 6.61. The molecule has 0 saturated heterocycles. The summed E-state index contributed by atoms with van der Waals surface area (Å²) in [5.74, 6) is 11.4. The molecular formula is C18H18O2. The second-order valence-electron chi connectivity index (χ2n) is 4.06. The Bertz CT molecular complexity index is 589. The van der Waals surface area contributed by atoms with Crippen LogP contribution in [0.5, 0.6) is 0 Å². The number of esters is 1. The first-order valence-electron chi connectivity index (χ1n) is 6.62. The van der Waals surface area contributed by atoms with Gasteiger partial charge in [-0.3, -0.25) is 0 Å². The molecule has 2 heteroatoms. The topological polar surface area (TPSA) is 26.3 Å². The first-order chi connectivity index (χ1) is 9.79. The summed E-state index contributed by atoms with van der Waals surface area (Å²) >= 11 is 0. The summed E-state index contributed by atoms with van der Waals surface area (Å²) < 4.78 is 4.71. The standard InChI is InChI=1S/C18H18O2/c1-3-4-5-6-7-8-9-10-13-16-14-11-12-15-17(16)18(19)20-2/h8-9,11-12,14-15H,3-5H2,1-2H3/b9-8-. The Balaban J connectivity index is 2.70. The minimum atomic E-state index is -0.377. The predicted octanol–water partition coefficient (Wildman–Crippen LogP) is 3.57. The van der Waals surface area contributed by atoms with E-state index in [4.69, 9.17) is 4.74 Å². The third-order valence-corrected chi connectivity index (χ3v) is 2.55. The van der Waals surface area contributed by atoms with E-state index in [1.165, 1.54) is 7.11 Å². The van der Waals surface area contributed by atoms with Crippen LogP contribution in [-0.2, 0) is 4.74 Å². The van der Waals surface area contributed by atoms with Gasteiger partial charge < -0.3 is 4.74 Å². The molecule has 2 nitrogen and oxygen atoms in total. The lowest BCUT2D eigenvalue weighted by atomic mass is 10.1. The molecule has 0 bridgehead atoms. The average molecular weight is 266 g/mol. The van der Waals surface area contributed by atoms with Crippen LogP contribution < -0.4 is 0 Å². The second-order valence-corrected chi connectivity index (χ2v) is 4.06. The summed E-state index contributed by atoms with van der Waals surface area (Å²) in [5.41, 5.74) is 1.13. The van der Waals surface area contributed by atoms with Gasteiger partial charge in [0.25, 0.3) is 0 Å². The summed E-state index contributed by atoms with van der Waals surface area (Å²) in [6.45, 7) is 2.14. The van der Waals surface area contributed by atoms with Crippen LogP contribution in [-0.4, -0.2) is 13.1 Å². The SMILES string of the molecule is CCCCC#C/C=C\C#Cc1ccccc1C(=O)OC. The van der Waals surface area contributed by atoms with Crippen LogP contribution in [0.3, 0.4) is 0 Å². The Morgan fingerprint density at radius 1 is 1.25 bits per heavy atom. The molecule has 1 rings (SSSR count). The first-order valence-corrected chi connectivity index (χ1v) is 6.62. The zero-order valence-corrected chi connectivity index (χ0v) is 11.9. The van der Waals surface area contributed by atoms with Crippen molar-refractivity contribution in [3.05, 3.63) is 47.5 Å². The monoisotopic (exact) mass is 266 g/mol. The van der Waals surface area contributed by atoms with Crippen molar-refractivity contribution in [1.82, 2.24) is 0 Å². The molecule has 0 atom stereocenters. The molecule has 0 amide bonds. The minimum absolute atomic E-state index is 0.377. The van der Waals surface area contributed by atoms with E-state index in [0.29, 0.717) is 11.1 Å². The second kappa shape index (κ2) is 9.48. The largest absolute Gasteiger partial charge is 0.465 e. The lowest BCUT2D eigenvalue weighted by Crippen LogP contribution is -2.03. The molecule has 0 aromatic heterocycles. The molecule has 0 aliphatic carbocycles. The molecule has 0 spiro atoms. The van der Waals surface area contributed by atoms with Crippen LogP contribution >= 0.6 is 0 Å². The van der Waals surface area contributed by atoms with Gasteiger partial charge in [-0.1, -0.05) is 49.2 Å². The fraction of sp³-hybridized carbons (Fsp3) is 0.278. The number of unbranched alkanes of at least 4 members (excludes halogenated alkanes) is 2. The lowest BCUT2D eigenvalue weighted by Gasteiger charge is -2.00. The minimum Gasteiger partial charge on any atom is -0.465 e. The molecule has 20 heavy (non-hydrogen) atoms. The first kappa shape index (κ1) is 15.6. The smallest absolute Gasteiger partial charge is 0.339 e. The Kier molecular flexibility index (Phi) is 7.39. The van der Waals surface area contributed by atoms with E-state index >= 15 is 0 Å². The molecule has 1 aromatic carbocycles. The maximum Gasteiger partial charge on any atom is 0.339 e. The number of carbonyl (C=O) groups excluding carboxylic acids is 1. The molecule has 0 aliphatic heterocycles. The van der Waals surface area contributed by atoms with Crippen LogP contribution in [0.25, 0.3) is 0 Å². The molecule has 0 N–H and O–H groups in total. The highest BCUT2D eigenvalue weighted by Gasteiger charge is 2.08. The van der Waals surface area contributed by atoms with Crippen molar-refractivity contribution >= 4 is 5.97 Å². The highest BCUT2D eigenvalue weighted by Crippen LogP contribution is 2.08. The van der Waals surface area contributed by atoms with E-state index < -0.39 is 0 Å². The molecular weight excluding hydrogens is 248 g/mol. The van der Waals surface area contributed by atoms with Gasteiger partial charge in [0.15, 0.2) is 0 Å². The molecule has 1 aromatic rings. The lowest BCUT2D eigenvalue weighted by molar-refractivity contribution is 0.0600. The normalized spacial score (nSPS) is 9.30. The van der Waals surface area contributed by atoms with E-state index in [1.807, 2.05) is 6.07 Å². The Hall–Kier alpha value is -2.45. The molecule has 0 unspecified atom stereocenters. The van der Waals surface area contributed by atoms with Crippen molar-refractivity contribution < 1.29 is 9.53 Å². The van der Waals surface area contributed by atoms with Crippen molar-refractivity contribution in [2.24, 2.45) is 0 Å². The zero-order chi connectivity index (χ0) is 14.6. The third-order valence-electron chi connectivity index (χ3n) is 2.55. The Labute approximate surface area is 120 Å². The average Bonchev–Trinajstić information content (AvgIpc) is 2.49. The van der Waals surface area contributed by atoms with Gasteiger partial charge in [0.05, 0.1) is 12.7 Å². The van der Waals surface area contributed by atoms with E-state index in [9.17, 15) is 4.79 Å². The Morgan fingerprint density at radius 3 is 2.75 bits per heavy atom. The Morgan fingerprint density at radius 2 is 2.00 bits per heavy atom. The fourth-order valence-corrected chi connectivity index (χ4v) is 1.48. The molecule has 0 heterocycles. The van der Waals surface area contributed by atoms with Gasteiger partial charge in [0, 0.05) is 12.0 Å². The number of rotatable bonds is 3. The van der Waals surface area contributed by atoms with E-state index in [2.05, 4.69) is 30.6 Å². The van der Waals surface area contributed by atoms with Gasteiger partial charge in [-0.25, -0.2) is 4.79 Å². The highest BCUT2D eigenvalue weighted by molar-refractivity contribution is 5.92. The van der Waals surface area contributed by atoms with Crippen molar-refractivity contribution in [3.63, 3.8) is 0 Å².